The Morgan fingerprint density at radius 3 is 2.51 bits per heavy atom. The lowest BCUT2D eigenvalue weighted by atomic mass is 9.67. The molecule has 0 fully saturated rings. The summed E-state index contributed by atoms with van der Waals surface area (Å²) >= 11 is 0. The van der Waals surface area contributed by atoms with E-state index >= 15 is 0 Å². The van der Waals surface area contributed by atoms with Crippen molar-refractivity contribution in [1.29, 1.82) is 10.5 Å². The lowest BCUT2D eigenvalue weighted by Crippen LogP contribution is -2.54. The predicted octanol–water partition coefficient (Wildman–Crippen LogP) is 4.40. The van der Waals surface area contributed by atoms with Crippen LogP contribution in [-0.2, 0) is 16.6 Å². The number of hydrogen-bond donors (Lipinski definition) is 2. The number of amides is 1. The molecule has 0 saturated heterocycles. The van der Waals surface area contributed by atoms with Gasteiger partial charge in [-0.25, -0.2) is 0 Å². The molecule has 3 N–H and O–H groups in total. The summed E-state index contributed by atoms with van der Waals surface area (Å²) in [5, 5.41) is 24.4. The molecule has 1 unspecified atom stereocenters. The van der Waals surface area contributed by atoms with Crippen LogP contribution >= 0.6 is 0 Å². The van der Waals surface area contributed by atoms with E-state index in [2.05, 4.69) is 36.5 Å². The third-order valence-corrected chi connectivity index (χ3v) is 7.63. The highest BCUT2D eigenvalue weighted by molar-refractivity contribution is 6.18. The van der Waals surface area contributed by atoms with E-state index in [0.717, 1.165) is 40.2 Å². The van der Waals surface area contributed by atoms with Crippen molar-refractivity contribution in [2.75, 3.05) is 15.1 Å². The second-order valence-electron chi connectivity index (χ2n) is 9.95. The number of carbonyl (C=O) groups is 1. The van der Waals surface area contributed by atoms with Crippen LogP contribution in [0.1, 0.15) is 44.4 Å². The van der Waals surface area contributed by atoms with Crippen molar-refractivity contribution in [2.24, 2.45) is 5.73 Å². The first-order valence-electron chi connectivity index (χ1n) is 11.7. The fourth-order valence-corrected chi connectivity index (χ4v) is 6.20. The van der Waals surface area contributed by atoms with E-state index in [1.807, 2.05) is 51.1 Å². The highest BCUT2D eigenvalue weighted by Crippen LogP contribution is 2.60. The van der Waals surface area contributed by atoms with Crippen LogP contribution in [0.4, 0.5) is 17.1 Å². The molecule has 1 amide bonds. The highest BCUT2D eigenvalue weighted by atomic mass is 16.2. The Labute approximate surface area is 204 Å². The molecule has 0 aliphatic carbocycles. The quantitative estimate of drug-likeness (QED) is 0.653. The fraction of sp³-hybridized carbons (Fsp3) is 0.250. The maximum atomic E-state index is 14.6. The van der Waals surface area contributed by atoms with Crippen LogP contribution in [0.5, 0.6) is 0 Å². The first-order valence-corrected chi connectivity index (χ1v) is 11.7. The van der Waals surface area contributed by atoms with Gasteiger partial charge in [-0.3, -0.25) is 9.69 Å². The largest absolute Gasteiger partial charge is 0.384 e. The number of allylic oxidation sites excluding steroid dienone is 1. The molecular formula is C28H24N6O. The zero-order chi connectivity index (χ0) is 24.9. The summed E-state index contributed by atoms with van der Waals surface area (Å²) < 4.78 is 0. The summed E-state index contributed by atoms with van der Waals surface area (Å²) in [4.78, 5) is 18.1. The van der Waals surface area contributed by atoms with Crippen molar-refractivity contribution < 1.29 is 4.79 Å². The molecule has 1 spiro atoms. The number of carbonyl (C=O) groups excluding carboxylic acids is 1. The molecule has 4 aliphatic heterocycles. The van der Waals surface area contributed by atoms with Crippen molar-refractivity contribution >= 4 is 28.5 Å². The van der Waals surface area contributed by atoms with E-state index < -0.39 is 11.0 Å². The Balaban J connectivity index is 1.78. The normalized spacial score (nSPS) is 22.9. The minimum absolute atomic E-state index is 0.0830. The average molecular weight is 461 g/mol. The van der Waals surface area contributed by atoms with Crippen LogP contribution in [0, 0.1) is 22.7 Å². The topological polar surface area (TPSA) is 109 Å². The van der Waals surface area contributed by atoms with Gasteiger partial charge >= 0.3 is 0 Å². The smallest absolute Gasteiger partial charge is 0.249 e. The van der Waals surface area contributed by atoms with Crippen molar-refractivity contribution in [1.82, 2.24) is 0 Å². The van der Waals surface area contributed by atoms with Gasteiger partial charge < -0.3 is 16.0 Å². The van der Waals surface area contributed by atoms with Gasteiger partial charge in [0.05, 0.1) is 33.7 Å². The van der Waals surface area contributed by atoms with E-state index in [9.17, 15) is 15.3 Å². The number of anilines is 3. The SMILES string of the molecule is CCc1cc2c3c(c1)C1(C(=O)N3C(C)(C)C=C2C)C(C#N)=C(N)N2C(=C1C#N)Nc1ccccc12. The standard InChI is InChI=1S/C28H24N6O/c1-5-16-10-17-15(2)12-27(3,4)34-23(17)18(11-16)28(26(34)35)19(13-29)24(31)33-22-9-7-6-8-21(22)32-25(33)20(28)14-30/h6-12,32H,5,31H2,1-4H3. The minimum Gasteiger partial charge on any atom is -0.384 e. The average Bonchev–Trinajstić information content (AvgIpc) is 3.33. The number of benzene rings is 2. The zero-order valence-electron chi connectivity index (χ0n) is 20.0. The second-order valence-corrected chi connectivity index (χ2v) is 9.95. The maximum absolute atomic E-state index is 14.6. The van der Waals surface area contributed by atoms with E-state index in [0.29, 0.717) is 11.4 Å². The maximum Gasteiger partial charge on any atom is 0.249 e. The van der Waals surface area contributed by atoms with Gasteiger partial charge in [-0.05, 0) is 56.5 Å². The second kappa shape index (κ2) is 6.55. The number of fused-ring (bicyclic) bond motifs is 4. The molecule has 6 rings (SSSR count). The summed E-state index contributed by atoms with van der Waals surface area (Å²) in [5.74, 6) is 0.263. The number of nitriles is 2. The van der Waals surface area contributed by atoms with Gasteiger partial charge in [-0.15, -0.1) is 0 Å². The Morgan fingerprint density at radius 1 is 1.11 bits per heavy atom. The van der Waals surface area contributed by atoms with Crippen molar-refractivity contribution in [3.05, 3.63) is 82.0 Å². The molecule has 4 heterocycles. The van der Waals surface area contributed by atoms with Crippen LogP contribution in [0.15, 0.2) is 65.3 Å². The summed E-state index contributed by atoms with van der Waals surface area (Å²) in [6, 6.07) is 16.2. The number of nitrogens with one attached hydrogen (secondary N) is 1. The van der Waals surface area contributed by atoms with Gasteiger partial charge in [-0.1, -0.05) is 31.2 Å². The molecule has 0 radical (unpaired) electrons. The zero-order valence-corrected chi connectivity index (χ0v) is 20.0. The third-order valence-electron chi connectivity index (χ3n) is 7.63. The summed E-state index contributed by atoms with van der Waals surface area (Å²) in [6.45, 7) is 8.05. The molecule has 35 heavy (non-hydrogen) atoms. The van der Waals surface area contributed by atoms with Crippen LogP contribution in [0.25, 0.3) is 5.57 Å². The van der Waals surface area contributed by atoms with Gasteiger partial charge in [0.15, 0.2) is 5.41 Å². The van der Waals surface area contributed by atoms with Gasteiger partial charge in [0.2, 0.25) is 5.91 Å². The Morgan fingerprint density at radius 2 is 1.83 bits per heavy atom. The van der Waals surface area contributed by atoms with Crippen molar-refractivity contribution in [3.63, 3.8) is 0 Å². The molecule has 0 saturated carbocycles. The molecule has 2 aromatic carbocycles. The molecule has 0 bridgehead atoms. The Kier molecular flexibility index (Phi) is 3.94. The Bertz CT molecular complexity index is 1560. The van der Waals surface area contributed by atoms with Crippen LogP contribution in [0.2, 0.25) is 0 Å². The number of nitrogens with zero attached hydrogens (tertiary/aromatic N) is 4. The predicted molar refractivity (Wildman–Crippen MR) is 135 cm³/mol. The molecule has 7 heteroatoms. The number of nitrogens with two attached hydrogens (primary N) is 1. The number of rotatable bonds is 1. The molecule has 7 nitrogen and oxygen atoms in total. The molecule has 2 aromatic rings. The van der Waals surface area contributed by atoms with Crippen molar-refractivity contribution in [2.45, 2.75) is 45.1 Å². The van der Waals surface area contributed by atoms with Crippen LogP contribution < -0.4 is 20.9 Å². The van der Waals surface area contributed by atoms with Gasteiger partial charge in [-0.2, -0.15) is 10.5 Å². The molecule has 172 valence electrons. The van der Waals surface area contributed by atoms with E-state index in [1.54, 1.807) is 9.80 Å². The molecule has 0 aromatic heterocycles. The third kappa shape index (κ3) is 2.26. The first-order chi connectivity index (χ1) is 16.7. The summed E-state index contributed by atoms with van der Waals surface area (Å²) in [7, 11) is 0. The van der Waals surface area contributed by atoms with E-state index in [1.165, 1.54) is 0 Å². The lowest BCUT2D eigenvalue weighted by molar-refractivity contribution is -0.121. The highest BCUT2D eigenvalue weighted by Gasteiger charge is 2.64. The first kappa shape index (κ1) is 21.1. The number of hydrogen-bond acceptors (Lipinski definition) is 6. The van der Waals surface area contributed by atoms with Crippen LogP contribution in [0.3, 0.4) is 0 Å². The van der Waals surface area contributed by atoms with Gasteiger partial charge in [0.25, 0.3) is 0 Å². The number of aryl methyl sites for hydroxylation is 1. The molecular weight excluding hydrogens is 436 g/mol. The fourth-order valence-electron chi connectivity index (χ4n) is 6.20. The number of para-hydroxylation sites is 2. The summed E-state index contributed by atoms with van der Waals surface area (Å²) in [6.07, 6.45) is 2.82. The minimum atomic E-state index is -1.63. The lowest BCUT2D eigenvalue weighted by Gasteiger charge is -2.41. The monoisotopic (exact) mass is 460 g/mol. The van der Waals surface area contributed by atoms with Crippen LogP contribution in [-0.4, -0.2) is 11.4 Å². The Hall–Kier alpha value is -4.49. The van der Waals surface area contributed by atoms with E-state index in [-0.39, 0.29) is 22.9 Å². The molecule has 1 atom stereocenters. The van der Waals surface area contributed by atoms with E-state index in [4.69, 9.17) is 5.73 Å². The summed E-state index contributed by atoms with van der Waals surface area (Å²) in [5.41, 5.74) is 10.7. The molecule has 4 aliphatic rings. The van der Waals surface area contributed by atoms with Gasteiger partial charge in [0.1, 0.15) is 23.8 Å². The van der Waals surface area contributed by atoms with Gasteiger partial charge in [0, 0.05) is 11.1 Å². The van der Waals surface area contributed by atoms with Crippen molar-refractivity contribution in [3.8, 4) is 12.1 Å².